The molecular weight excluding hydrogens is 244 g/mol. The maximum Gasteiger partial charge on any atom is 0.336 e. The molecule has 0 unspecified atom stereocenters. The van der Waals surface area contributed by atoms with Gasteiger partial charge in [-0.2, -0.15) is 0 Å². The van der Waals surface area contributed by atoms with Gasteiger partial charge in [-0.05, 0) is 41.7 Å². The highest BCUT2D eigenvalue weighted by Crippen LogP contribution is 2.36. The maximum atomic E-state index is 11.3. The molecule has 4 nitrogen and oxygen atoms in total. The van der Waals surface area contributed by atoms with Crippen LogP contribution in [0.25, 0.3) is 5.57 Å². The lowest BCUT2D eigenvalue weighted by Crippen LogP contribution is -2.13. The Balaban J connectivity index is 3.58. The van der Waals surface area contributed by atoms with Crippen LogP contribution >= 0.6 is 0 Å². The van der Waals surface area contributed by atoms with Crippen molar-refractivity contribution in [2.45, 2.75) is 27.7 Å². The summed E-state index contributed by atoms with van der Waals surface area (Å²) in [6, 6.07) is 4.08. The summed E-state index contributed by atoms with van der Waals surface area (Å²) in [6.07, 6.45) is 1.83. The van der Waals surface area contributed by atoms with Crippen LogP contribution < -0.4 is 0 Å². The lowest BCUT2D eigenvalue weighted by atomic mass is 9.80. The first-order valence-electron chi connectivity index (χ1n) is 5.96. The smallest absolute Gasteiger partial charge is 0.336 e. The number of carboxylic acid groups (broad SMARTS) is 2. The molecule has 2 N–H and O–H groups in total. The van der Waals surface area contributed by atoms with E-state index in [9.17, 15) is 14.7 Å². The Kier molecular flexibility index (Phi) is 4.14. The summed E-state index contributed by atoms with van der Waals surface area (Å²) in [5, 5.41) is 18.3. The van der Waals surface area contributed by atoms with Gasteiger partial charge in [-0.25, -0.2) is 9.59 Å². The van der Waals surface area contributed by atoms with E-state index in [0.29, 0.717) is 5.56 Å². The number of carboxylic acids is 2. The van der Waals surface area contributed by atoms with Crippen LogP contribution in [0.4, 0.5) is 0 Å². The van der Waals surface area contributed by atoms with Crippen molar-refractivity contribution in [2.75, 3.05) is 0 Å². The van der Waals surface area contributed by atoms with Gasteiger partial charge in [-0.3, -0.25) is 0 Å². The van der Waals surface area contributed by atoms with E-state index in [1.165, 1.54) is 18.2 Å². The number of carbonyl (C=O) groups is 2. The molecule has 19 heavy (non-hydrogen) atoms. The normalized spacial score (nSPS) is 12.3. The van der Waals surface area contributed by atoms with E-state index >= 15 is 0 Å². The zero-order valence-corrected chi connectivity index (χ0v) is 11.5. The van der Waals surface area contributed by atoms with Crippen LogP contribution in [-0.4, -0.2) is 22.2 Å². The molecule has 1 aromatic rings. The van der Waals surface area contributed by atoms with Gasteiger partial charge in [0.05, 0.1) is 11.1 Å². The number of allylic oxidation sites excluding steroid dienone is 2. The second-order valence-electron chi connectivity index (χ2n) is 5.32. The van der Waals surface area contributed by atoms with Crippen LogP contribution in [0.5, 0.6) is 0 Å². The zero-order chi connectivity index (χ0) is 14.8. The SMILES string of the molecule is CC=C(c1cc(C(=O)O)ccc1C(=O)O)C(C)(C)C. The molecule has 0 amide bonds. The molecule has 0 atom stereocenters. The van der Waals surface area contributed by atoms with Crippen LogP contribution in [0.3, 0.4) is 0 Å². The van der Waals surface area contributed by atoms with Crippen LogP contribution in [0, 0.1) is 5.41 Å². The third-order valence-corrected chi connectivity index (χ3v) is 2.88. The molecule has 4 heteroatoms. The van der Waals surface area contributed by atoms with E-state index in [-0.39, 0.29) is 16.5 Å². The first kappa shape index (κ1) is 15.0. The van der Waals surface area contributed by atoms with E-state index in [0.717, 1.165) is 5.57 Å². The fourth-order valence-corrected chi connectivity index (χ4v) is 2.08. The summed E-state index contributed by atoms with van der Waals surface area (Å²) < 4.78 is 0. The van der Waals surface area contributed by atoms with Crippen molar-refractivity contribution in [3.63, 3.8) is 0 Å². The Hall–Kier alpha value is -2.10. The Bertz CT molecular complexity index is 548. The molecule has 0 aromatic heterocycles. The lowest BCUT2D eigenvalue weighted by molar-refractivity contribution is 0.0681. The van der Waals surface area contributed by atoms with Gasteiger partial charge in [-0.15, -0.1) is 0 Å². The molecule has 0 radical (unpaired) electrons. The second kappa shape index (κ2) is 5.26. The van der Waals surface area contributed by atoms with Crippen LogP contribution in [0.15, 0.2) is 24.3 Å². The highest BCUT2D eigenvalue weighted by atomic mass is 16.4. The van der Waals surface area contributed by atoms with Crippen LogP contribution in [0.2, 0.25) is 0 Å². The van der Waals surface area contributed by atoms with Gasteiger partial charge in [0.25, 0.3) is 0 Å². The molecule has 1 rings (SSSR count). The van der Waals surface area contributed by atoms with E-state index in [1.807, 2.05) is 33.8 Å². The first-order chi connectivity index (χ1) is 8.68. The predicted molar refractivity (Wildman–Crippen MR) is 73.5 cm³/mol. The monoisotopic (exact) mass is 262 g/mol. The number of hydrogen-bond donors (Lipinski definition) is 2. The summed E-state index contributed by atoms with van der Waals surface area (Å²) in [7, 11) is 0. The van der Waals surface area contributed by atoms with Gasteiger partial charge in [0.1, 0.15) is 0 Å². The molecule has 0 fully saturated rings. The molecule has 0 aliphatic carbocycles. The largest absolute Gasteiger partial charge is 0.478 e. The molecule has 0 bridgehead atoms. The van der Waals surface area contributed by atoms with Gasteiger partial charge in [0, 0.05) is 0 Å². The molecule has 0 saturated heterocycles. The van der Waals surface area contributed by atoms with E-state index in [4.69, 9.17) is 5.11 Å². The van der Waals surface area contributed by atoms with Crippen molar-refractivity contribution in [2.24, 2.45) is 5.41 Å². The summed E-state index contributed by atoms with van der Waals surface area (Å²) in [5.74, 6) is -2.13. The third-order valence-electron chi connectivity index (χ3n) is 2.88. The molecule has 0 heterocycles. The van der Waals surface area contributed by atoms with Gasteiger partial charge in [0.2, 0.25) is 0 Å². The molecule has 0 aliphatic heterocycles. The fraction of sp³-hybridized carbons (Fsp3) is 0.333. The molecule has 0 saturated carbocycles. The molecule has 1 aromatic carbocycles. The third kappa shape index (κ3) is 3.22. The average molecular weight is 262 g/mol. The van der Waals surface area contributed by atoms with Crippen molar-refractivity contribution < 1.29 is 19.8 Å². The Labute approximate surface area is 112 Å². The predicted octanol–water partition coefficient (Wildman–Crippen LogP) is 3.53. The molecule has 0 aliphatic rings. The maximum absolute atomic E-state index is 11.3. The Morgan fingerprint density at radius 3 is 2.00 bits per heavy atom. The topological polar surface area (TPSA) is 74.6 Å². The van der Waals surface area contributed by atoms with Gasteiger partial charge in [0.15, 0.2) is 0 Å². The van der Waals surface area contributed by atoms with Crippen LogP contribution in [0.1, 0.15) is 54.0 Å². The number of hydrogen-bond acceptors (Lipinski definition) is 2. The van der Waals surface area contributed by atoms with E-state index in [1.54, 1.807) is 0 Å². The lowest BCUT2D eigenvalue weighted by Gasteiger charge is -2.24. The number of aromatic carboxylic acids is 2. The van der Waals surface area contributed by atoms with Gasteiger partial charge >= 0.3 is 11.9 Å². The van der Waals surface area contributed by atoms with Gasteiger partial charge < -0.3 is 10.2 Å². The minimum atomic E-state index is -1.07. The molecule has 102 valence electrons. The molecular formula is C15H18O4. The van der Waals surface area contributed by atoms with Crippen molar-refractivity contribution in [3.8, 4) is 0 Å². The summed E-state index contributed by atoms with van der Waals surface area (Å²) in [4.78, 5) is 22.3. The number of rotatable bonds is 3. The highest BCUT2D eigenvalue weighted by molar-refractivity contribution is 5.97. The molecule has 0 spiro atoms. The Morgan fingerprint density at radius 2 is 1.63 bits per heavy atom. The minimum Gasteiger partial charge on any atom is -0.478 e. The van der Waals surface area contributed by atoms with E-state index < -0.39 is 11.9 Å². The summed E-state index contributed by atoms with van der Waals surface area (Å²) in [5.41, 5.74) is 1.21. The first-order valence-corrected chi connectivity index (χ1v) is 5.96. The second-order valence-corrected chi connectivity index (χ2v) is 5.32. The zero-order valence-electron chi connectivity index (χ0n) is 11.5. The number of benzene rings is 1. The standard InChI is InChI=1S/C15H18O4/c1-5-12(15(2,3)4)11-8-9(13(16)17)6-7-10(11)14(18)19/h5-8H,1-4H3,(H,16,17)(H,18,19). The van der Waals surface area contributed by atoms with E-state index in [2.05, 4.69) is 0 Å². The van der Waals surface area contributed by atoms with Crippen molar-refractivity contribution in [1.82, 2.24) is 0 Å². The quantitative estimate of drug-likeness (QED) is 0.873. The average Bonchev–Trinajstić information content (AvgIpc) is 2.27. The highest BCUT2D eigenvalue weighted by Gasteiger charge is 2.23. The Morgan fingerprint density at radius 1 is 1.05 bits per heavy atom. The summed E-state index contributed by atoms with van der Waals surface area (Å²) in [6.45, 7) is 7.70. The van der Waals surface area contributed by atoms with Crippen molar-refractivity contribution in [1.29, 1.82) is 0 Å². The van der Waals surface area contributed by atoms with Crippen molar-refractivity contribution in [3.05, 3.63) is 41.0 Å². The fourth-order valence-electron chi connectivity index (χ4n) is 2.08. The van der Waals surface area contributed by atoms with Crippen LogP contribution in [-0.2, 0) is 0 Å². The summed E-state index contributed by atoms with van der Waals surface area (Å²) >= 11 is 0. The van der Waals surface area contributed by atoms with Crippen molar-refractivity contribution >= 4 is 17.5 Å². The minimum absolute atomic E-state index is 0.0867. The van der Waals surface area contributed by atoms with Gasteiger partial charge in [-0.1, -0.05) is 26.8 Å².